The molecule has 2 amide bonds. The van der Waals surface area contributed by atoms with Crippen LogP contribution in [0.1, 0.15) is 28.8 Å². The van der Waals surface area contributed by atoms with Crippen LogP contribution in [0.4, 0.5) is 18.9 Å². The molecule has 1 aliphatic heterocycles. The van der Waals surface area contributed by atoms with Crippen LogP contribution >= 0.6 is 0 Å². The van der Waals surface area contributed by atoms with Gasteiger partial charge in [0.2, 0.25) is 5.91 Å². The lowest BCUT2D eigenvalue weighted by molar-refractivity contribution is -0.137. The van der Waals surface area contributed by atoms with Gasteiger partial charge in [-0.15, -0.1) is 0 Å². The monoisotopic (exact) mass is 455 g/mol. The van der Waals surface area contributed by atoms with Gasteiger partial charge < -0.3 is 10.2 Å². The predicted octanol–water partition coefficient (Wildman–Crippen LogP) is 2.86. The largest absolute Gasteiger partial charge is 0.416 e. The molecule has 3 rings (SSSR count). The SMILES string of the molecule is O=C(NCC(=O)N1CCCC1)c1ccccc1NS(=O)(=O)c1cccc(C(F)(F)F)c1. The number of hydrogen-bond acceptors (Lipinski definition) is 4. The third-order valence-electron chi connectivity index (χ3n) is 4.75. The number of likely N-dealkylation sites (tertiary alicyclic amines) is 1. The van der Waals surface area contributed by atoms with Crippen LogP contribution in [0.25, 0.3) is 0 Å². The van der Waals surface area contributed by atoms with E-state index < -0.39 is 32.6 Å². The Labute approximate surface area is 177 Å². The highest BCUT2D eigenvalue weighted by Crippen LogP contribution is 2.31. The molecular weight excluding hydrogens is 435 g/mol. The summed E-state index contributed by atoms with van der Waals surface area (Å²) in [6.07, 6.45) is -2.90. The van der Waals surface area contributed by atoms with E-state index in [0.29, 0.717) is 19.2 Å². The number of anilines is 1. The molecule has 0 saturated carbocycles. The number of carbonyl (C=O) groups excluding carboxylic acids is 2. The summed E-state index contributed by atoms with van der Waals surface area (Å²) in [5.74, 6) is -0.928. The zero-order chi connectivity index (χ0) is 22.6. The van der Waals surface area contributed by atoms with Crippen molar-refractivity contribution in [2.45, 2.75) is 23.9 Å². The van der Waals surface area contributed by atoms with Gasteiger partial charge in [0.25, 0.3) is 15.9 Å². The van der Waals surface area contributed by atoms with E-state index in [2.05, 4.69) is 10.0 Å². The van der Waals surface area contributed by atoms with Crippen LogP contribution < -0.4 is 10.0 Å². The fourth-order valence-electron chi connectivity index (χ4n) is 3.14. The summed E-state index contributed by atoms with van der Waals surface area (Å²) in [7, 11) is -4.40. The van der Waals surface area contributed by atoms with Gasteiger partial charge in [0, 0.05) is 13.1 Å². The smallest absolute Gasteiger partial charge is 0.343 e. The van der Waals surface area contributed by atoms with Crippen molar-refractivity contribution < 1.29 is 31.2 Å². The Kier molecular flexibility index (Phi) is 6.54. The van der Waals surface area contributed by atoms with Crippen molar-refractivity contribution in [3.63, 3.8) is 0 Å². The van der Waals surface area contributed by atoms with Gasteiger partial charge >= 0.3 is 6.18 Å². The van der Waals surface area contributed by atoms with Gasteiger partial charge in [0.15, 0.2) is 0 Å². The summed E-state index contributed by atoms with van der Waals surface area (Å²) in [6.45, 7) is 1.01. The Morgan fingerprint density at radius 3 is 2.35 bits per heavy atom. The zero-order valence-electron chi connectivity index (χ0n) is 16.3. The lowest BCUT2D eigenvalue weighted by Gasteiger charge is -2.16. The predicted molar refractivity (Wildman–Crippen MR) is 107 cm³/mol. The molecule has 1 fully saturated rings. The van der Waals surface area contributed by atoms with Gasteiger partial charge in [-0.1, -0.05) is 18.2 Å². The molecule has 2 aromatic carbocycles. The molecule has 0 bridgehead atoms. The van der Waals surface area contributed by atoms with Crippen LogP contribution in [-0.2, 0) is 21.0 Å². The third-order valence-corrected chi connectivity index (χ3v) is 6.11. The Hall–Kier alpha value is -3.08. The minimum Gasteiger partial charge on any atom is -0.343 e. The highest BCUT2D eigenvalue weighted by atomic mass is 32.2. The van der Waals surface area contributed by atoms with E-state index in [1.807, 2.05) is 0 Å². The van der Waals surface area contributed by atoms with Gasteiger partial charge in [0.1, 0.15) is 0 Å². The van der Waals surface area contributed by atoms with E-state index in [-0.39, 0.29) is 23.7 Å². The summed E-state index contributed by atoms with van der Waals surface area (Å²) < 4.78 is 66.2. The molecule has 0 unspecified atom stereocenters. The fourth-order valence-corrected chi connectivity index (χ4v) is 4.27. The molecule has 2 aromatic rings. The number of carbonyl (C=O) groups is 2. The molecule has 166 valence electrons. The number of sulfonamides is 1. The first-order chi connectivity index (χ1) is 14.6. The van der Waals surface area contributed by atoms with Crippen molar-refractivity contribution in [3.8, 4) is 0 Å². The molecule has 1 saturated heterocycles. The van der Waals surface area contributed by atoms with E-state index in [1.54, 1.807) is 4.90 Å². The highest BCUT2D eigenvalue weighted by molar-refractivity contribution is 7.92. The minimum absolute atomic E-state index is 0.0627. The second-order valence-corrected chi connectivity index (χ2v) is 8.63. The molecule has 31 heavy (non-hydrogen) atoms. The molecule has 1 aliphatic rings. The number of alkyl halides is 3. The maximum atomic E-state index is 12.9. The molecular formula is C20H20F3N3O4S. The van der Waals surface area contributed by atoms with Crippen LogP contribution in [0, 0.1) is 0 Å². The van der Waals surface area contributed by atoms with Gasteiger partial charge in [-0.05, 0) is 43.2 Å². The van der Waals surface area contributed by atoms with Crippen molar-refractivity contribution in [1.82, 2.24) is 10.2 Å². The molecule has 0 aromatic heterocycles. The lowest BCUT2D eigenvalue weighted by Crippen LogP contribution is -2.38. The number of halogens is 3. The minimum atomic E-state index is -4.70. The summed E-state index contributed by atoms with van der Waals surface area (Å²) in [4.78, 5) is 25.7. The van der Waals surface area contributed by atoms with Gasteiger partial charge in [0.05, 0.1) is 28.3 Å². The normalized spacial score (nSPS) is 14.4. The quantitative estimate of drug-likeness (QED) is 0.700. The topological polar surface area (TPSA) is 95.6 Å². The van der Waals surface area contributed by atoms with Crippen LogP contribution in [-0.4, -0.2) is 44.8 Å². The Morgan fingerprint density at radius 2 is 1.68 bits per heavy atom. The first-order valence-electron chi connectivity index (χ1n) is 9.43. The number of para-hydroxylation sites is 1. The first kappa shape index (κ1) is 22.6. The molecule has 2 N–H and O–H groups in total. The van der Waals surface area contributed by atoms with E-state index >= 15 is 0 Å². The van der Waals surface area contributed by atoms with E-state index in [0.717, 1.165) is 31.0 Å². The van der Waals surface area contributed by atoms with Crippen molar-refractivity contribution in [1.29, 1.82) is 0 Å². The zero-order valence-corrected chi connectivity index (χ0v) is 17.1. The second-order valence-electron chi connectivity index (χ2n) is 6.95. The van der Waals surface area contributed by atoms with Crippen LogP contribution in [0.2, 0.25) is 0 Å². The molecule has 1 heterocycles. The van der Waals surface area contributed by atoms with Crippen molar-refractivity contribution in [3.05, 3.63) is 59.7 Å². The second kappa shape index (κ2) is 8.96. The van der Waals surface area contributed by atoms with Gasteiger partial charge in [-0.2, -0.15) is 13.2 Å². The highest BCUT2D eigenvalue weighted by Gasteiger charge is 2.32. The van der Waals surface area contributed by atoms with Crippen LogP contribution in [0.15, 0.2) is 53.4 Å². The number of rotatable bonds is 6. The summed E-state index contributed by atoms with van der Waals surface area (Å²) in [5, 5.41) is 2.46. The Morgan fingerprint density at radius 1 is 1.00 bits per heavy atom. The summed E-state index contributed by atoms with van der Waals surface area (Å²) in [5.41, 5.74) is -1.29. The fraction of sp³-hybridized carbons (Fsp3) is 0.300. The summed E-state index contributed by atoms with van der Waals surface area (Å²) >= 11 is 0. The number of nitrogens with one attached hydrogen (secondary N) is 2. The van der Waals surface area contributed by atoms with Crippen molar-refractivity contribution >= 4 is 27.5 Å². The molecule has 0 atom stereocenters. The number of amides is 2. The van der Waals surface area contributed by atoms with Gasteiger partial charge in [-0.25, -0.2) is 8.42 Å². The summed E-state index contributed by atoms with van der Waals surface area (Å²) in [6, 6.07) is 8.91. The standard InChI is InChI=1S/C20H20F3N3O4S/c21-20(22,23)14-6-5-7-15(12-14)31(29,30)25-17-9-2-1-8-16(17)19(28)24-13-18(27)26-10-3-4-11-26/h1-2,5-9,12,25H,3-4,10-11,13H2,(H,24,28). The maximum absolute atomic E-state index is 12.9. The molecule has 11 heteroatoms. The average Bonchev–Trinajstić information content (AvgIpc) is 3.26. The molecule has 0 spiro atoms. The number of hydrogen-bond donors (Lipinski definition) is 2. The van der Waals surface area contributed by atoms with Crippen molar-refractivity contribution in [2.75, 3.05) is 24.4 Å². The third kappa shape index (κ3) is 5.54. The average molecular weight is 455 g/mol. The molecule has 0 radical (unpaired) electrons. The lowest BCUT2D eigenvalue weighted by atomic mass is 10.1. The molecule has 0 aliphatic carbocycles. The van der Waals surface area contributed by atoms with Gasteiger partial charge in [-0.3, -0.25) is 14.3 Å². The van der Waals surface area contributed by atoms with Crippen LogP contribution in [0.3, 0.4) is 0 Å². The van der Waals surface area contributed by atoms with Crippen molar-refractivity contribution in [2.24, 2.45) is 0 Å². The number of benzene rings is 2. The maximum Gasteiger partial charge on any atom is 0.416 e. The van der Waals surface area contributed by atoms with E-state index in [1.165, 1.54) is 24.3 Å². The van der Waals surface area contributed by atoms with Crippen LogP contribution in [0.5, 0.6) is 0 Å². The first-order valence-corrected chi connectivity index (χ1v) is 10.9. The molecule has 7 nitrogen and oxygen atoms in total. The Bertz CT molecular complexity index is 1080. The number of nitrogens with zero attached hydrogens (tertiary/aromatic N) is 1. The Balaban J connectivity index is 1.77. The van der Waals surface area contributed by atoms with E-state index in [4.69, 9.17) is 0 Å². The van der Waals surface area contributed by atoms with E-state index in [9.17, 15) is 31.2 Å².